The largest absolute Gasteiger partial charge is 0.469 e. The average Bonchev–Trinajstić information content (AvgIpc) is 2.90. The Balaban J connectivity index is 2.18. The van der Waals surface area contributed by atoms with E-state index in [2.05, 4.69) is 5.32 Å². The SMILES string of the molecule is COC(=O)[C@@H](CC(=O)[C@H](CC(C)C)NC(=O)[C@H](CCc1ccccc1)CC(=O)CN(C)C)Cc1ccccc1. The zero-order chi connectivity index (χ0) is 28.8. The molecule has 2 rings (SSSR count). The van der Waals surface area contributed by atoms with E-state index >= 15 is 0 Å². The number of Topliss-reactive ketones (excluding diaryl/α,β-unsaturated/α-hetero) is 2. The number of ether oxygens (including phenoxy) is 1. The molecule has 0 fully saturated rings. The van der Waals surface area contributed by atoms with Gasteiger partial charge in [0.15, 0.2) is 5.78 Å². The molecule has 1 amide bonds. The van der Waals surface area contributed by atoms with Crippen LogP contribution >= 0.6 is 0 Å². The molecule has 0 heterocycles. The van der Waals surface area contributed by atoms with Crippen molar-refractivity contribution in [2.45, 2.75) is 58.4 Å². The summed E-state index contributed by atoms with van der Waals surface area (Å²) in [4.78, 5) is 54.0. The molecule has 0 aliphatic rings. The predicted molar refractivity (Wildman–Crippen MR) is 153 cm³/mol. The zero-order valence-corrected chi connectivity index (χ0v) is 24.0. The van der Waals surface area contributed by atoms with Gasteiger partial charge in [-0.1, -0.05) is 74.5 Å². The van der Waals surface area contributed by atoms with E-state index in [0.29, 0.717) is 25.7 Å². The number of nitrogens with zero attached hydrogens (tertiary/aromatic N) is 1. The molecular weight excluding hydrogens is 492 g/mol. The number of esters is 1. The summed E-state index contributed by atoms with van der Waals surface area (Å²) in [7, 11) is 4.96. The second kappa shape index (κ2) is 16.6. The summed E-state index contributed by atoms with van der Waals surface area (Å²) in [6.45, 7) is 4.23. The number of amides is 1. The van der Waals surface area contributed by atoms with Crippen LogP contribution in [0.25, 0.3) is 0 Å². The summed E-state index contributed by atoms with van der Waals surface area (Å²) in [6, 6.07) is 18.6. The van der Waals surface area contributed by atoms with Crippen LogP contribution in [-0.2, 0) is 36.8 Å². The van der Waals surface area contributed by atoms with Crippen molar-refractivity contribution in [1.82, 2.24) is 10.2 Å². The second-order valence-corrected chi connectivity index (χ2v) is 11.0. The normalized spacial score (nSPS) is 13.5. The van der Waals surface area contributed by atoms with Gasteiger partial charge in [-0.25, -0.2) is 0 Å². The molecule has 0 spiro atoms. The number of benzene rings is 2. The van der Waals surface area contributed by atoms with Crippen LogP contribution in [0, 0.1) is 17.8 Å². The lowest BCUT2D eigenvalue weighted by atomic mass is 9.88. The Hall–Kier alpha value is -3.32. The predicted octanol–water partition coefficient (Wildman–Crippen LogP) is 4.28. The summed E-state index contributed by atoms with van der Waals surface area (Å²) in [6.07, 6.45) is 2.04. The number of carbonyl (C=O) groups is 4. The van der Waals surface area contributed by atoms with E-state index in [-0.39, 0.29) is 42.8 Å². The maximum absolute atomic E-state index is 13.5. The minimum Gasteiger partial charge on any atom is -0.469 e. The quantitative estimate of drug-likeness (QED) is 0.304. The lowest BCUT2D eigenvalue weighted by Crippen LogP contribution is -2.46. The molecule has 39 heavy (non-hydrogen) atoms. The van der Waals surface area contributed by atoms with E-state index < -0.39 is 23.8 Å². The van der Waals surface area contributed by atoms with Crippen molar-refractivity contribution in [3.05, 3.63) is 71.8 Å². The van der Waals surface area contributed by atoms with Gasteiger partial charge in [0.25, 0.3) is 0 Å². The first-order valence-electron chi connectivity index (χ1n) is 13.7. The van der Waals surface area contributed by atoms with Crippen LogP contribution in [0.1, 0.15) is 50.7 Å². The number of hydrogen-bond acceptors (Lipinski definition) is 6. The first-order valence-corrected chi connectivity index (χ1v) is 13.7. The molecule has 0 bridgehead atoms. The standard InChI is InChI=1S/C32H44N2O5/c1-23(2)18-29(30(36)21-27(32(38)39-5)19-25-14-10-7-11-15-25)33-31(37)26(20-28(35)22-34(3)4)17-16-24-12-8-6-9-13-24/h6-15,23,26-27,29H,16-22H2,1-5H3,(H,33,37)/t26-,27-,29+/m1/s1. The number of rotatable bonds is 17. The Kier molecular flexibility index (Phi) is 13.6. The first kappa shape index (κ1) is 31.9. The smallest absolute Gasteiger partial charge is 0.309 e. The molecule has 3 atom stereocenters. The van der Waals surface area contributed by atoms with Crippen molar-refractivity contribution >= 4 is 23.4 Å². The van der Waals surface area contributed by atoms with Gasteiger partial charge in [0.1, 0.15) is 5.78 Å². The van der Waals surface area contributed by atoms with E-state index in [4.69, 9.17) is 4.74 Å². The number of aryl methyl sites for hydroxylation is 1. The molecular formula is C32H44N2O5. The van der Waals surface area contributed by atoms with Gasteiger partial charge < -0.3 is 15.0 Å². The average molecular weight is 537 g/mol. The summed E-state index contributed by atoms with van der Waals surface area (Å²) < 4.78 is 5.00. The monoisotopic (exact) mass is 536 g/mol. The number of hydrogen-bond donors (Lipinski definition) is 1. The molecule has 0 aliphatic carbocycles. The Labute approximate surface area is 233 Å². The third-order valence-electron chi connectivity index (χ3n) is 6.68. The highest BCUT2D eigenvalue weighted by molar-refractivity contribution is 5.93. The van der Waals surface area contributed by atoms with Crippen molar-refractivity contribution in [3.8, 4) is 0 Å². The number of nitrogens with one attached hydrogen (secondary N) is 1. The molecule has 0 aliphatic heterocycles. The maximum atomic E-state index is 13.5. The molecule has 0 saturated heterocycles. The highest BCUT2D eigenvalue weighted by Crippen LogP contribution is 2.20. The van der Waals surface area contributed by atoms with Gasteiger partial charge in [0.05, 0.1) is 25.6 Å². The summed E-state index contributed by atoms with van der Waals surface area (Å²) in [5.74, 6) is -2.03. The fourth-order valence-electron chi connectivity index (χ4n) is 4.72. The molecule has 7 heteroatoms. The van der Waals surface area contributed by atoms with Crippen LogP contribution < -0.4 is 5.32 Å². The van der Waals surface area contributed by atoms with Crippen LogP contribution in [0.2, 0.25) is 0 Å². The molecule has 0 aromatic heterocycles. The van der Waals surface area contributed by atoms with Gasteiger partial charge in [0.2, 0.25) is 5.91 Å². The van der Waals surface area contributed by atoms with Crippen molar-refractivity contribution in [1.29, 1.82) is 0 Å². The van der Waals surface area contributed by atoms with Crippen LogP contribution in [0.4, 0.5) is 0 Å². The summed E-state index contributed by atoms with van der Waals surface area (Å²) in [5, 5.41) is 2.96. The van der Waals surface area contributed by atoms with E-state index in [1.165, 1.54) is 7.11 Å². The van der Waals surface area contributed by atoms with Crippen molar-refractivity contribution in [2.24, 2.45) is 17.8 Å². The lowest BCUT2D eigenvalue weighted by Gasteiger charge is -2.25. The van der Waals surface area contributed by atoms with Gasteiger partial charge in [0, 0.05) is 18.8 Å². The molecule has 2 aromatic rings. The second-order valence-electron chi connectivity index (χ2n) is 11.0. The van der Waals surface area contributed by atoms with E-state index in [1.807, 2.05) is 88.6 Å². The lowest BCUT2D eigenvalue weighted by molar-refractivity contribution is -0.147. The summed E-state index contributed by atoms with van der Waals surface area (Å²) >= 11 is 0. The van der Waals surface area contributed by atoms with Gasteiger partial charge in [-0.2, -0.15) is 0 Å². The van der Waals surface area contributed by atoms with Crippen LogP contribution in [0.3, 0.4) is 0 Å². The highest BCUT2D eigenvalue weighted by atomic mass is 16.5. The topological polar surface area (TPSA) is 92.8 Å². The Bertz CT molecular complexity index is 1050. The fourth-order valence-corrected chi connectivity index (χ4v) is 4.72. The Morgan fingerprint density at radius 3 is 1.97 bits per heavy atom. The van der Waals surface area contributed by atoms with Crippen LogP contribution in [-0.4, -0.2) is 62.1 Å². The minimum absolute atomic E-state index is 0.0198. The van der Waals surface area contributed by atoms with Crippen molar-refractivity contribution < 1.29 is 23.9 Å². The number of carbonyl (C=O) groups excluding carboxylic acids is 4. The molecule has 7 nitrogen and oxygen atoms in total. The molecule has 1 N–H and O–H groups in total. The van der Waals surface area contributed by atoms with Crippen molar-refractivity contribution in [3.63, 3.8) is 0 Å². The van der Waals surface area contributed by atoms with E-state index in [1.54, 1.807) is 4.90 Å². The minimum atomic E-state index is -0.747. The third kappa shape index (κ3) is 11.9. The van der Waals surface area contributed by atoms with Gasteiger partial charge >= 0.3 is 5.97 Å². The first-order chi connectivity index (χ1) is 18.6. The number of likely N-dealkylation sites (N-methyl/N-ethyl adjacent to an activating group) is 1. The van der Waals surface area contributed by atoms with Gasteiger partial charge in [-0.05, 0) is 56.8 Å². The van der Waals surface area contributed by atoms with E-state index in [9.17, 15) is 19.2 Å². The number of methoxy groups -OCH3 is 1. The van der Waals surface area contributed by atoms with Gasteiger partial charge in [-0.15, -0.1) is 0 Å². The molecule has 0 unspecified atom stereocenters. The Morgan fingerprint density at radius 2 is 1.44 bits per heavy atom. The Morgan fingerprint density at radius 1 is 0.846 bits per heavy atom. The molecule has 212 valence electrons. The molecule has 2 aromatic carbocycles. The zero-order valence-electron chi connectivity index (χ0n) is 24.0. The van der Waals surface area contributed by atoms with Crippen LogP contribution in [0.15, 0.2) is 60.7 Å². The van der Waals surface area contributed by atoms with Crippen molar-refractivity contribution in [2.75, 3.05) is 27.7 Å². The van der Waals surface area contributed by atoms with E-state index in [0.717, 1.165) is 11.1 Å². The third-order valence-corrected chi connectivity index (χ3v) is 6.68. The van der Waals surface area contributed by atoms with Crippen LogP contribution in [0.5, 0.6) is 0 Å². The highest BCUT2D eigenvalue weighted by Gasteiger charge is 2.31. The van der Waals surface area contributed by atoms with Gasteiger partial charge in [-0.3, -0.25) is 19.2 Å². The maximum Gasteiger partial charge on any atom is 0.309 e. The molecule has 0 saturated carbocycles. The summed E-state index contributed by atoms with van der Waals surface area (Å²) in [5.41, 5.74) is 2.03. The molecule has 0 radical (unpaired) electrons. The number of ketones is 2. The fraction of sp³-hybridized carbons (Fsp3) is 0.500.